The Morgan fingerprint density at radius 3 is 1.16 bits per heavy atom. The van der Waals surface area contributed by atoms with Crippen LogP contribution in [0.4, 0.5) is 39.5 Å². The van der Waals surface area contributed by atoms with Crippen molar-refractivity contribution in [1.82, 2.24) is 0 Å². The number of fused-ring (bicyclic) bond motifs is 3. The van der Waals surface area contributed by atoms with E-state index in [-0.39, 0.29) is 10.8 Å². The Labute approximate surface area is 171 Å². The van der Waals surface area contributed by atoms with E-state index in [9.17, 15) is 39.5 Å². The number of halogens is 9. The summed E-state index contributed by atoms with van der Waals surface area (Å²) in [5.74, 6) is 0. The van der Waals surface area contributed by atoms with Crippen LogP contribution in [0, 0.1) is 0 Å². The molecule has 0 radical (unpaired) electrons. The van der Waals surface area contributed by atoms with Gasteiger partial charge in [0.2, 0.25) is 0 Å². The Morgan fingerprint density at radius 1 is 0.452 bits per heavy atom. The summed E-state index contributed by atoms with van der Waals surface area (Å²) in [6, 6.07) is 9.62. The summed E-state index contributed by atoms with van der Waals surface area (Å²) in [6.45, 7) is 0. The molecule has 0 amide bonds. The molecule has 1 heterocycles. The van der Waals surface area contributed by atoms with Crippen LogP contribution in [0.25, 0.3) is 25.1 Å². The third kappa shape index (κ3) is 3.84. The molecule has 4 aromatic rings. The predicted octanol–water partition coefficient (Wildman–Crippen LogP) is 8.79. The van der Waals surface area contributed by atoms with Crippen molar-refractivity contribution in [3.05, 3.63) is 77.4 Å². The minimum atomic E-state index is -4.70. The molecule has 0 spiro atoms. The molecule has 0 atom stereocenters. The van der Waals surface area contributed by atoms with E-state index in [1.165, 1.54) is 24.3 Å². The van der Waals surface area contributed by atoms with Crippen LogP contribution in [-0.4, -0.2) is 0 Å². The molecule has 1 aromatic heterocycles. The lowest BCUT2D eigenvalue weighted by Gasteiger charge is -2.06. The molecule has 0 saturated carbocycles. The Morgan fingerprint density at radius 2 is 0.806 bits per heavy atom. The van der Waals surface area contributed by atoms with Gasteiger partial charge in [-0.3, -0.25) is 0 Å². The number of rotatable bonds is 1. The van der Waals surface area contributed by atoms with Gasteiger partial charge in [0.05, 0.1) is 16.7 Å². The number of thiophene rings is 1. The van der Waals surface area contributed by atoms with Crippen molar-refractivity contribution in [2.24, 2.45) is 0 Å². The summed E-state index contributed by atoms with van der Waals surface area (Å²) in [6.07, 6.45) is -14.0. The lowest BCUT2D eigenvalue weighted by molar-refractivity contribution is -0.138. The number of alkyl halides is 9. The quantitative estimate of drug-likeness (QED) is 0.195. The molecule has 31 heavy (non-hydrogen) atoms. The van der Waals surface area contributed by atoms with Gasteiger partial charge in [0.1, 0.15) is 0 Å². The standard InChI is InChI=1S/C21H10F9S/c22-19(23,24)11-1-5-14(6-2-11)31-17-7-3-12(20(25,26)27)9-15(17)16-10-13(21(28,29)30)4-8-18(16)31/h1-10H/q+1. The van der Waals surface area contributed by atoms with E-state index in [1.54, 1.807) is 0 Å². The van der Waals surface area contributed by atoms with Gasteiger partial charge in [0.15, 0.2) is 14.3 Å². The van der Waals surface area contributed by atoms with Gasteiger partial charge in [-0.2, -0.15) is 39.5 Å². The average Bonchev–Trinajstić information content (AvgIpc) is 2.99. The highest BCUT2D eigenvalue weighted by atomic mass is 32.2. The van der Waals surface area contributed by atoms with Gasteiger partial charge >= 0.3 is 18.5 Å². The molecule has 0 nitrogen and oxygen atoms in total. The van der Waals surface area contributed by atoms with Crippen molar-refractivity contribution in [3.63, 3.8) is 0 Å². The molecular formula is C21H10F9S+. The number of hydrogen-bond acceptors (Lipinski definition) is 0. The molecule has 0 unspecified atom stereocenters. The van der Waals surface area contributed by atoms with E-state index >= 15 is 0 Å². The lowest BCUT2D eigenvalue weighted by Crippen LogP contribution is -2.04. The first kappa shape index (κ1) is 21.5. The molecule has 0 fully saturated rings. The topological polar surface area (TPSA) is 0 Å². The maximum absolute atomic E-state index is 13.2. The van der Waals surface area contributed by atoms with Crippen LogP contribution in [-0.2, 0) is 18.5 Å². The van der Waals surface area contributed by atoms with Crippen LogP contribution in [0.1, 0.15) is 16.7 Å². The van der Waals surface area contributed by atoms with Crippen LogP contribution >= 0.6 is 10.5 Å². The minimum Gasteiger partial charge on any atom is -0.166 e. The fourth-order valence-corrected chi connectivity index (χ4v) is 5.68. The van der Waals surface area contributed by atoms with Gasteiger partial charge in [-0.05, 0) is 60.7 Å². The second-order valence-electron chi connectivity index (χ2n) is 6.75. The molecule has 162 valence electrons. The van der Waals surface area contributed by atoms with E-state index in [0.717, 1.165) is 36.4 Å². The third-order valence-electron chi connectivity index (χ3n) is 4.76. The van der Waals surface area contributed by atoms with E-state index < -0.39 is 45.7 Å². The van der Waals surface area contributed by atoms with Gasteiger partial charge in [-0.15, -0.1) is 0 Å². The Hall–Kier alpha value is -2.75. The highest BCUT2D eigenvalue weighted by molar-refractivity contribution is 7.50. The highest BCUT2D eigenvalue weighted by Gasteiger charge is 2.36. The van der Waals surface area contributed by atoms with Gasteiger partial charge in [0.25, 0.3) is 0 Å². The summed E-state index contributed by atoms with van der Waals surface area (Å²) >= 11 is 0. The molecule has 0 N–H and O–H groups in total. The van der Waals surface area contributed by atoms with E-state index in [4.69, 9.17) is 0 Å². The molecule has 4 rings (SSSR count). The van der Waals surface area contributed by atoms with Crippen LogP contribution in [0.2, 0.25) is 0 Å². The zero-order valence-corrected chi connectivity index (χ0v) is 15.9. The summed E-state index contributed by atoms with van der Waals surface area (Å²) in [5.41, 5.74) is -2.95. The molecule has 0 saturated heterocycles. The minimum absolute atomic E-state index is 0.0147. The van der Waals surface area contributed by atoms with Crippen molar-refractivity contribution in [3.8, 4) is 4.90 Å². The lowest BCUT2D eigenvalue weighted by atomic mass is 10.1. The fraction of sp³-hybridized carbons (Fsp3) is 0.143. The molecule has 3 aromatic carbocycles. The predicted molar refractivity (Wildman–Crippen MR) is 100 cm³/mol. The van der Waals surface area contributed by atoms with E-state index in [2.05, 4.69) is 0 Å². The largest absolute Gasteiger partial charge is 0.416 e. The molecule has 0 bridgehead atoms. The monoisotopic (exact) mass is 465 g/mol. The molecule has 0 aliphatic heterocycles. The number of hydrogen-bond donors (Lipinski definition) is 0. The maximum Gasteiger partial charge on any atom is 0.416 e. The summed E-state index contributed by atoms with van der Waals surface area (Å²) in [5, 5.41) is -0.0293. The van der Waals surface area contributed by atoms with Gasteiger partial charge in [-0.1, -0.05) is 0 Å². The van der Waals surface area contributed by atoms with Crippen LogP contribution in [0.15, 0.2) is 60.7 Å². The fourth-order valence-electron chi connectivity index (χ4n) is 3.34. The van der Waals surface area contributed by atoms with Gasteiger partial charge < -0.3 is 0 Å². The Bertz CT molecular complexity index is 1200. The second-order valence-corrected chi connectivity index (χ2v) is 8.71. The maximum atomic E-state index is 13.2. The summed E-state index contributed by atoms with van der Waals surface area (Å²) in [4.78, 5) is 0.354. The summed E-state index contributed by atoms with van der Waals surface area (Å²) < 4.78 is 118. The van der Waals surface area contributed by atoms with Crippen molar-refractivity contribution in [2.75, 3.05) is 0 Å². The Balaban J connectivity index is 2.04. The van der Waals surface area contributed by atoms with E-state index in [0.29, 0.717) is 14.3 Å². The zero-order chi connectivity index (χ0) is 22.8. The average molecular weight is 465 g/mol. The third-order valence-corrected chi connectivity index (χ3v) is 7.10. The normalized spacial score (nSPS) is 13.3. The Kier molecular flexibility index (Phi) is 4.77. The first-order chi connectivity index (χ1) is 14.3. The van der Waals surface area contributed by atoms with Gasteiger partial charge in [0, 0.05) is 21.2 Å². The summed E-state index contributed by atoms with van der Waals surface area (Å²) in [7, 11) is -1.15. The number of benzene rings is 3. The van der Waals surface area contributed by atoms with Gasteiger partial charge in [-0.25, -0.2) is 0 Å². The van der Waals surface area contributed by atoms with Crippen LogP contribution in [0.3, 0.4) is 0 Å². The smallest absolute Gasteiger partial charge is 0.166 e. The van der Waals surface area contributed by atoms with E-state index in [1.807, 2.05) is 0 Å². The molecule has 0 aliphatic carbocycles. The highest BCUT2D eigenvalue weighted by Crippen LogP contribution is 2.50. The SMILES string of the molecule is FC(F)(F)c1ccc(-[s+]2c3ccc(C(F)(F)F)cc3c3cc(C(F)(F)F)ccc32)cc1. The molecular weight excluding hydrogens is 455 g/mol. The van der Waals surface area contributed by atoms with Crippen molar-refractivity contribution < 1.29 is 39.5 Å². The molecule has 10 heteroatoms. The van der Waals surface area contributed by atoms with Crippen molar-refractivity contribution >= 4 is 30.6 Å². The van der Waals surface area contributed by atoms with Crippen LogP contribution in [0.5, 0.6) is 0 Å². The van der Waals surface area contributed by atoms with Crippen molar-refractivity contribution in [1.29, 1.82) is 0 Å². The molecule has 0 aliphatic rings. The van der Waals surface area contributed by atoms with Crippen molar-refractivity contribution in [2.45, 2.75) is 18.5 Å². The first-order valence-corrected chi connectivity index (χ1v) is 9.84. The van der Waals surface area contributed by atoms with Crippen LogP contribution < -0.4 is 0 Å². The second kappa shape index (κ2) is 6.88. The zero-order valence-electron chi connectivity index (χ0n) is 15.1. The first-order valence-electron chi connectivity index (χ1n) is 8.61.